The summed E-state index contributed by atoms with van der Waals surface area (Å²) in [7, 11) is 2.10. The molecule has 1 amide bonds. The molecule has 19 heavy (non-hydrogen) atoms. The van der Waals surface area contributed by atoms with Crippen LogP contribution in [0.1, 0.15) is 23.8 Å². The van der Waals surface area contributed by atoms with Crippen LogP contribution in [0.4, 0.5) is 5.95 Å². The maximum Gasteiger partial charge on any atom is 0.270 e. The number of rotatable bonds is 4. The zero-order chi connectivity index (χ0) is 13.7. The van der Waals surface area contributed by atoms with E-state index in [1.807, 2.05) is 6.92 Å². The molecule has 0 unspecified atom stereocenters. The standard InChI is InChI=1S/C13H21N5O/c1-3-5-14-12(19)11-4-6-15-13(16-11)18-9-7-17(2)8-10-18/h4,6H,3,5,7-10H2,1-2H3,(H,14,19). The van der Waals surface area contributed by atoms with E-state index < -0.39 is 0 Å². The molecule has 6 nitrogen and oxygen atoms in total. The highest BCUT2D eigenvalue weighted by molar-refractivity contribution is 5.92. The number of aromatic nitrogens is 2. The first-order valence-electron chi connectivity index (χ1n) is 6.75. The molecule has 1 fully saturated rings. The molecule has 0 radical (unpaired) electrons. The van der Waals surface area contributed by atoms with E-state index in [2.05, 4.69) is 32.1 Å². The normalized spacial score (nSPS) is 16.4. The van der Waals surface area contributed by atoms with Crippen LogP contribution in [0.5, 0.6) is 0 Å². The van der Waals surface area contributed by atoms with E-state index in [4.69, 9.17) is 0 Å². The summed E-state index contributed by atoms with van der Waals surface area (Å²) in [6, 6.07) is 1.66. The average molecular weight is 263 g/mol. The zero-order valence-corrected chi connectivity index (χ0v) is 11.6. The Bertz CT molecular complexity index is 429. The molecule has 0 aliphatic carbocycles. The molecule has 1 aliphatic heterocycles. The second-order valence-electron chi connectivity index (χ2n) is 4.79. The second kappa shape index (κ2) is 6.47. The van der Waals surface area contributed by atoms with Crippen molar-refractivity contribution in [1.82, 2.24) is 20.2 Å². The summed E-state index contributed by atoms with van der Waals surface area (Å²) < 4.78 is 0. The van der Waals surface area contributed by atoms with Gasteiger partial charge in [-0.2, -0.15) is 0 Å². The van der Waals surface area contributed by atoms with Crippen LogP contribution in [0.2, 0.25) is 0 Å². The van der Waals surface area contributed by atoms with E-state index >= 15 is 0 Å². The first-order valence-corrected chi connectivity index (χ1v) is 6.75. The number of hydrogen-bond acceptors (Lipinski definition) is 5. The van der Waals surface area contributed by atoms with Crippen molar-refractivity contribution in [2.45, 2.75) is 13.3 Å². The minimum atomic E-state index is -0.125. The van der Waals surface area contributed by atoms with Crippen LogP contribution in [0, 0.1) is 0 Å². The van der Waals surface area contributed by atoms with Crippen molar-refractivity contribution in [3.8, 4) is 0 Å². The second-order valence-corrected chi connectivity index (χ2v) is 4.79. The Balaban J connectivity index is 2.04. The minimum absolute atomic E-state index is 0.125. The van der Waals surface area contributed by atoms with Gasteiger partial charge in [0.2, 0.25) is 5.95 Å². The van der Waals surface area contributed by atoms with E-state index in [-0.39, 0.29) is 5.91 Å². The van der Waals surface area contributed by atoms with E-state index in [0.717, 1.165) is 32.6 Å². The van der Waals surface area contributed by atoms with Crippen molar-refractivity contribution in [3.63, 3.8) is 0 Å². The molecular formula is C13H21N5O. The van der Waals surface area contributed by atoms with Gasteiger partial charge in [0, 0.05) is 38.9 Å². The summed E-state index contributed by atoms with van der Waals surface area (Å²) in [4.78, 5) is 24.9. The van der Waals surface area contributed by atoms with Crippen LogP contribution < -0.4 is 10.2 Å². The number of amides is 1. The topological polar surface area (TPSA) is 61.4 Å². The van der Waals surface area contributed by atoms with Gasteiger partial charge in [0.05, 0.1) is 0 Å². The molecule has 1 aliphatic rings. The van der Waals surface area contributed by atoms with Gasteiger partial charge in [-0.3, -0.25) is 4.79 Å². The van der Waals surface area contributed by atoms with Gasteiger partial charge in [-0.05, 0) is 19.5 Å². The van der Waals surface area contributed by atoms with Gasteiger partial charge in [-0.15, -0.1) is 0 Å². The molecule has 0 aromatic carbocycles. The number of carbonyl (C=O) groups is 1. The largest absolute Gasteiger partial charge is 0.351 e. The van der Waals surface area contributed by atoms with E-state index in [9.17, 15) is 4.79 Å². The van der Waals surface area contributed by atoms with Gasteiger partial charge in [0.25, 0.3) is 5.91 Å². The van der Waals surface area contributed by atoms with Crippen LogP contribution in [-0.2, 0) is 0 Å². The Morgan fingerprint density at radius 1 is 1.37 bits per heavy atom. The Hall–Kier alpha value is -1.69. The predicted octanol–water partition coefficient (Wildman–Crippen LogP) is 0.368. The molecule has 1 aromatic rings. The Labute approximate surface area is 113 Å². The fourth-order valence-electron chi connectivity index (χ4n) is 1.96. The number of nitrogens with zero attached hydrogens (tertiary/aromatic N) is 4. The summed E-state index contributed by atoms with van der Waals surface area (Å²) in [6.07, 6.45) is 2.57. The van der Waals surface area contributed by atoms with E-state index in [1.165, 1.54) is 0 Å². The molecule has 0 atom stereocenters. The lowest BCUT2D eigenvalue weighted by molar-refractivity contribution is 0.0948. The van der Waals surface area contributed by atoms with Crippen LogP contribution >= 0.6 is 0 Å². The molecule has 6 heteroatoms. The number of anilines is 1. The Morgan fingerprint density at radius 2 is 2.11 bits per heavy atom. The van der Waals surface area contributed by atoms with Crippen LogP contribution in [0.3, 0.4) is 0 Å². The molecule has 2 heterocycles. The third kappa shape index (κ3) is 3.64. The third-order valence-corrected chi connectivity index (χ3v) is 3.20. The first kappa shape index (κ1) is 13.7. The molecule has 1 N–H and O–H groups in total. The minimum Gasteiger partial charge on any atom is -0.351 e. The first-order chi connectivity index (χ1) is 9.20. The van der Waals surface area contributed by atoms with Crippen molar-refractivity contribution >= 4 is 11.9 Å². The van der Waals surface area contributed by atoms with Crippen molar-refractivity contribution in [2.24, 2.45) is 0 Å². The third-order valence-electron chi connectivity index (χ3n) is 3.20. The fraction of sp³-hybridized carbons (Fsp3) is 0.615. The average Bonchev–Trinajstić information content (AvgIpc) is 2.45. The highest BCUT2D eigenvalue weighted by atomic mass is 16.1. The van der Waals surface area contributed by atoms with Gasteiger partial charge >= 0.3 is 0 Å². The Kier molecular flexibility index (Phi) is 4.68. The number of piperazine rings is 1. The maximum atomic E-state index is 11.9. The molecule has 0 saturated carbocycles. The highest BCUT2D eigenvalue weighted by Crippen LogP contribution is 2.10. The summed E-state index contributed by atoms with van der Waals surface area (Å²) >= 11 is 0. The lowest BCUT2D eigenvalue weighted by Crippen LogP contribution is -2.45. The number of carbonyl (C=O) groups excluding carboxylic acids is 1. The molecule has 1 aromatic heterocycles. The predicted molar refractivity (Wildman–Crippen MR) is 74.4 cm³/mol. The van der Waals surface area contributed by atoms with Crippen LogP contribution in [0.25, 0.3) is 0 Å². The number of likely N-dealkylation sites (N-methyl/N-ethyl adjacent to an activating group) is 1. The van der Waals surface area contributed by atoms with Crippen LogP contribution in [0.15, 0.2) is 12.3 Å². The zero-order valence-electron chi connectivity index (χ0n) is 11.6. The summed E-state index contributed by atoms with van der Waals surface area (Å²) in [5, 5.41) is 2.83. The van der Waals surface area contributed by atoms with Crippen molar-refractivity contribution in [2.75, 3.05) is 44.7 Å². The highest BCUT2D eigenvalue weighted by Gasteiger charge is 2.17. The molecule has 2 rings (SSSR count). The lowest BCUT2D eigenvalue weighted by atomic mass is 10.3. The quantitative estimate of drug-likeness (QED) is 0.850. The SMILES string of the molecule is CCCNC(=O)c1ccnc(N2CCN(C)CC2)n1. The van der Waals surface area contributed by atoms with Gasteiger partial charge in [0.15, 0.2) is 0 Å². The van der Waals surface area contributed by atoms with Crippen molar-refractivity contribution in [1.29, 1.82) is 0 Å². The summed E-state index contributed by atoms with van der Waals surface area (Å²) in [6.45, 7) is 6.49. The number of nitrogens with one attached hydrogen (secondary N) is 1. The van der Waals surface area contributed by atoms with Gasteiger partial charge in [-0.25, -0.2) is 9.97 Å². The van der Waals surface area contributed by atoms with Gasteiger partial charge < -0.3 is 15.1 Å². The summed E-state index contributed by atoms with van der Waals surface area (Å²) in [5.41, 5.74) is 0.442. The monoisotopic (exact) mass is 263 g/mol. The molecule has 0 spiro atoms. The maximum absolute atomic E-state index is 11.9. The van der Waals surface area contributed by atoms with Crippen molar-refractivity contribution in [3.05, 3.63) is 18.0 Å². The van der Waals surface area contributed by atoms with Gasteiger partial charge in [0.1, 0.15) is 5.69 Å². The smallest absolute Gasteiger partial charge is 0.270 e. The molecular weight excluding hydrogens is 242 g/mol. The molecule has 1 saturated heterocycles. The Morgan fingerprint density at radius 3 is 2.79 bits per heavy atom. The summed E-state index contributed by atoms with van der Waals surface area (Å²) in [5.74, 6) is 0.525. The van der Waals surface area contributed by atoms with Gasteiger partial charge in [-0.1, -0.05) is 6.92 Å². The van der Waals surface area contributed by atoms with E-state index in [0.29, 0.717) is 18.2 Å². The lowest BCUT2D eigenvalue weighted by Gasteiger charge is -2.32. The number of hydrogen-bond donors (Lipinski definition) is 1. The van der Waals surface area contributed by atoms with Crippen LogP contribution in [-0.4, -0.2) is 60.5 Å². The van der Waals surface area contributed by atoms with Crippen molar-refractivity contribution < 1.29 is 4.79 Å². The molecule has 104 valence electrons. The molecule has 0 bridgehead atoms. The fourth-order valence-corrected chi connectivity index (χ4v) is 1.96. The van der Waals surface area contributed by atoms with E-state index in [1.54, 1.807) is 12.3 Å².